The molecule has 9 heteroatoms. The summed E-state index contributed by atoms with van der Waals surface area (Å²) in [5.41, 5.74) is 2.22. The van der Waals surface area contributed by atoms with E-state index in [1.165, 1.54) is 0 Å². The smallest absolute Gasteiger partial charge is 0.272 e. The molecule has 7 nitrogen and oxygen atoms in total. The Morgan fingerprint density at radius 3 is 2.37 bits per heavy atom. The molecule has 0 amide bonds. The van der Waals surface area contributed by atoms with Crippen LogP contribution in [0.3, 0.4) is 0 Å². The number of thiophene rings is 1. The van der Waals surface area contributed by atoms with Crippen molar-refractivity contribution in [1.82, 2.24) is 15.0 Å². The van der Waals surface area contributed by atoms with Gasteiger partial charge in [-0.05, 0) is 35.2 Å². The Balaban J connectivity index is 1.71. The van der Waals surface area contributed by atoms with Crippen LogP contribution >= 0.6 is 11.3 Å². The van der Waals surface area contributed by atoms with Crippen molar-refractivity contribution < 1.29 is 8.42 Å². The van der Waals surface area contributed by atoms with Gasteiger partial charge in [0.25, 0.3) is 10.0 Å². The van der Waals surface area contributed by atoms with Crippen molar-refractivity contribution in [3.8, 4) is 0 Å². The number of hydrogen-bond acceptors (Lipinski definition) is 7. The second-order valence-corrected chi connectivity index (χ2v) is 8.52. The van der Waals surface area contributed by atoms with Crippen LogP contribution in [-0.4, -0.2) is 23.4 Å². The average molecular weight is 397 g/mol. The van der Waals surface area contributed by atoms with Crippen LogP contribution in [0.1, 0.15) is 5.56 Å². The number of pyridine rings is 1. The highest BCUT2D eigenvalue weighted by Gasteiger charge is 2.19. The SMILES string of the molecule is O=S(=O)(Nc1nc2ccccc2nc1NCc1cccnc1)c1cccs1. The highest BCUT2D eigenvalue weighted by molar-refractivity contribution is 7.94. The first-order valence-electron chi connectivity index (χ1n) is 8.08. The molecular weight excluding hydrogens is 382 g/mol. The van der Waals surface area contributed by atoms with Gasteiger partial charge in [-0.15, -0.1) is 11.3 Å². The zero-order chi connectivity index (χ0) is 18.7. The maximum absolute atomic E-state index is 12.6. The fraction of sp³-hybridized carbons (Fsp3) is 0.0556. The number of sulfonamides is 1. The van der Waals surface area contributed by atoms with Crippen molar-refractivity contribution in [2.45, 2.75) is 10.8 Å². The Kier molecular flexibility index (Phi) is 4.69. The van der Waals surface area contributed by atoms with Gasteiger partial charge in [0.1, 0.15) is 4.21 Å². The fourth-order valence-electron chi connectivity index (χ4n) is 2.48. The molecule has 136 valence electrons. The lowest BCUT2D eigenvalue weighted by molar-refractivity contribution is 0.603. The molecule has 1 aromatic carbocycles. The van der Waals surface area contributed by atoms with Gasteiger partial charge in [0.05, 0.1) is 11.0 Å². The number of nitrogens with zero attached hydrogens (tertiary/aromatic N) is 3. The van der Waals surface area contributed by atoms with E-state index in [1.807, 2.05) is 30.3 Å². The Labute approximate surface area is 160 Å². The maximum atomic E-state index is 12.6. The van der Waals surface area contributed by atoms with Gasteiger partial charge in [0, 0.05) is 18.9 Å². The molecule has 0 fully saturated rings. The number of benzene rings is 1. The molecule has 3 heterocycles. The Morgan fingerprint density at radius 1 is 0.926 bits per heavy atom. The molecule has 0 unspecified atom stereocenters. The molecule has 0 aliphatic heterocycles. The summed E-state index contributed by atoms with van der Waals surface area (Å²) in [5.74, 6) is 0.517. The summed E-state index contributed by atoms with van der Waals surface area (Å²) < 4.78 is 28.0. The quantitative estimate of drug-likeness (QED) is 0.517. The van der Waals surface area contributed by atoms with E-state index in [1.54, 1.807) is 36.0 Å². The average Bonchev–Trinajstić information content (AvgIpc) is 3.23. The molecule has 0 aliphatic rings. The van der Waals surface area contributed by atoms with Crippen LogP contribution in [0.2, 0.25) is 0 Å². The third-order valence-electron chi connectivity index (χ3n) is 3.74. The van der Waals surface area contributed by atoms with E-state index < -0.39 is 10.0 Å². The number of anilines is 2. The molecule has 2 N–H and O–H groups in total. The lowest BCUT2D eigenvalue weighted by atomic mass is 10.3. The Hall–Kier alpha value is -3.04. The van der Waals surface area contributed by atoms with Crippen LogP contribution in [0.4, 0.5) is 11.6 Å². The predicted octanol–water partition coefficient (Wildman–Crippen LogP) is 3.50. The second-order valence-electron chi connectivity index (χ2n) is 5.66. The molecule has 0 spiro atoms. The van der Waals surface area contributed by atoms with Crippen LogP contribution < -0.4 is 10.0 Å². The molecule has 0 atom stereocenters. The Bertz CT molecular complexity index is 1160. The number of hydrogen-bond donors (Lipinski definition) is 2. The topological polar surface area (TPSA) is 96.9 Å². The van der Waals surface area contributed by atoms with E-state index in [0.717, 1.165) is 16.9 Å². The fourth-order valence-corrected chi connectivity index (χ4v) is 4.48. The number of para-hydroxylation sites is 2. The van der Waals surface area contributed by atoms with Crippen molar-refractivity contribution in [3.05, 3.63) is 71.9 Å². The van der Waals surface area contributed by atoms with E-state index in [2.05, 4.69) is 25.0 Å². The second kappa shape index (κ2) is 7.29. The van der Waals surface area contributed by atoms with E-state index >= 15 is 0 Å². The molecule has 0 aliphatic carbocycles. The van der Waals surface area contributed by atoms with Gasteiger partial charge in [-0.1, -0.05) is 24.3 Å². The molecule has 0 radical (unpaired) electrons. The van der Waals surface area contributed by atoms with Crippen LogP contribution in [0.15, 0.2) is 70.5 Å². The first kappa shape index (κ1) is 17.4. The number of fused-ring (bicyclic) bond motifs is 1. The summed E-state index contributed by atoms with van der Waals surface area (Å²) in [5, 5.41) is 4.86. The van der Waals surface area contributed by atoms with Gasteiger partial charge < -0.3 is 5.32 Å². The summed E-state index contributed by atoms with van der Waals surface area (Å²) in [6, 6.07) is 14.3. The van der Waals surface area contributed by atoms with Crippen molar-refractivity contribution in [1.29, 1.82) is 0 Å². The predicted molar refractivity (Wildman–Crippen MR) is 106 cm³/mol. The van der Waals surface area contributed by atoms with Gasteiger partial charge >= 0.3 is 0 Å². The first-order chi connectivity index (χ1) is 13.1. The summed E-state index contributed by atoms with van der Waals surface area (Å²) in [7, 11) is -3.73. The van der Waals surface area contributed by atoms with Gasteiger partial charge in [-0.25, -0.2) is 18.4 Å². The van der Waals surface area contributed by atoms with E-state index in [9.17, 15) is 8.42 Å². The summed E-state index contributed by atoms with van der Waals surface area (Å²) in [6.45, 7) is 0.439. The van der Waals surface area contributed by atoms with Gasteiger partial charge in [0.15, 0.2) is 11.6 Å². The minimum atomic E-state index is -3.73. The Morgan fingerprint density at radius 2 is 1.70 bits per heavy atom. The van der Waals surface area contributed by atoms with Gasteiger partial charge in [-0.2, -0.15) is 0 Å². The lowest BCUT2D eigenvalue weighted by Gasteiger charge is -2.13. The normalized spacial score (nSPS) is 11.4. The summed E-state index contributed by atoms with van der Waals surface area (Å²) in [4.78, 5) is 13.1. The minimum absolute atomic E-state index is 0.158. The van der Waals surface area contributed by atoms with Gasteiger partial charge in [0.2, 0.25) is 0 Å². The van der Waals surface area contributed by atoms with Crippen LogP contribution in [0.25, 0.3) is 11.0 Å². The molecular formula is C18H15N5O2S2. The standard InChI is InChI=1S/C18H15N5O2S2/c24-27(25,16-8-4-10-26-16)23-18-17(20-12-13-5-3-9-19-11-13)21-14-6-1-2-7-15(14)22-18/h1-11H,12H2,(H,20,21)(H,22,23). The summed E-state index contributed by atoms with van der Waals surface area (Å²) >= 11 is 1.14. The van der Waals surface area contributed by atoms with Crippen molar-refractivity contribution in [2.24, 2.45) is 0 Å². The van der Waals surface area contributed by atoms with Crippen LogP contribution in [0.5, 0.6) is 0 Å². The highest BCUT2D eigenvalue weighted by atomic mass is 32.2. The number of nitrogens with one attached hydrogen (secondary N) is 2. The van der Waals surface area contributed by atoms with Crippen molar-refractivity contribution >= 4 is 44.0 Å². The molecule has 4 rings (SSSR count). The molecule has 0 saturated carbocycles. The summed E-state index contributed by atoms with van der Waals surface area (Å²) in [6.07, 6.45) is 3.43. The zero-order valence-electron chi connectivity index (χ0n) is 14.0. The van der Waals surface area contributed by atoms with E-state index in [-0.39, 0.29) is 10.0 Å². The first-order valence-corrected chi connectivity index (χ1v) is 10.4. The van der Waals surface area contributed by atoms with Crippen LogP contribution in [-0.2, 0) is 16.6 Å². The molecule has 4 aromatic rings. The molecule has 27 heavy (non-hydrogen) atoms. The minimum Gasteiger partial charge on any atom is -0.363 e. The molecule has 0 saturated heterocycles. The number of rotatable bonds is 6. The van der Waals surface area contributed by atoms with Crippen molar-refractivity contribution in [2.75, 3.05) is 10.0 Å². The van der Waals surface area contributed by atoms with E-state index in [0.29, 0.717) is 23.4 Å². The third-order valence-corrected chi connectivity index (χ3v) is 6.48. The molecule has 3 aromatic heterocycles. The number of aromatic nitrogens is 3. The third kappa shape index (κ3) is 3.88. The monoisotopic (exact) mass is 397 g/mol. The largest absolute Gasteiger partial charge is 0.363 e. The maximum Gasteiger partial charge on any atom is 0.272 e. The molecule has 0 bridgehead atoms. The lowest BCUT2D eigenvalue weighted by Crippen LogP contribution is -2.15. The van der Waals surface area contributed by atoms with Crippen molar-refractivity contribution in [3.63, 3.8) is 0 Å². The zero-order valence-corrected chi connectivity index (χ0v) is 15.7. The van der Waals surface area contributed by atoms with Gasteiger partial charge in [-0.3, -0.25) is 9.71 Å². The van der Waals surface area contributed by atoms with E-state index in [4.69, 9.17) is 0 Å². The van der Waals surface area contributed by atoms with Crippen LogP contribution in [0, 0.1) is 0 Å². The highest BCUT2D eigenvalue weighted by Crippen LogP contribution is 2.26.